The first-order valence-electron chi connectivity index (χ1n) is 6.80. The highest BCUT2D eigenvalue weighted by Crippen LogP contribution is 2.31. The van der Waals surface area contributed by atoms with Crippen LogP contribution in [0.4, 0.5) is 5.69 Å². The molecule has 1 aliphatic rings. The molecule has 1 aromatic rings. The second-order valence-corrected chi connectivity index (χ2v) is 6.53. The lowest BCUT2D eigenvalue weighted by molar-refractivity contribution is -0.00465. The molecule has 1 aromatic carbocycles. The average Bonchev–Trinajstić information content (AvgIpc) is 2.38. The number of nitrogens with two attached hydrogens (primary N) is 1. The summed E-state index contributed by atoms with van der Waals surface area (Å²) in [6.45, 7) is 6.21. The molecule has 0 spiro atoms. The maximum Gasteiger partial charge on any atom is 0.0825 e. The van der Waals surface area contributed by atoms with Crippen LogP contribution in [0.15, 0.2) is 22.7 Å². The van der Waals surface area contributed by atoms with Crippen LogP contribution in [0.1, 0.15) is 38.3 Å². The lowest BCUT2D eigenvalue weighted by atomic mass is 9.94. The maximum absolute atomic E-state index is 5.94. The maximum atomic E-state index is 5.94. The number of hydrogen-bond acceptors (Lipinski definition) is 3. The van der Waals surface area contributed by atoms with Gasteiger partial charge in [-0.3, -0.25) is 0 Å². The Morgan fingerprint density at radius 3 is 2.79 bits per heavy atom. The van der Waals surface area contributed by atoms with E-state index in [9.17, 15) is 0 Å². The summed E-state index contributed by atoms with van der Waals surface area (Å²) in [5, 5.41) is 0. The summed E-state index contributed by atoms with van der Waals surface area (Å²) in [6, 6.07) is 6.49. The minimum Gasteiger partial charge on any atom is -0.377 e. The molecule has 1 aliphatic heterocycles. The van der Waals surface area contributed by atoms with Gasteiger partial charge < -0.3 is 15.4 Å². The first-order chi connectivity index (χ1) is 8.95. The van der Waals surface area contributed by atoms with Crippen molar-refractivity contribution < 1.29 is 4.74 Å². The summed E-state index contributed by atoms with van der Waals surface area (Å²) in [5.41, 5.74) is 8.29. The summed E-state index contributed by atoms with van der Waals surface area (Å²) in [4.78, 5) is 2.39. The molecule has 19 heavy (non-hydrogen) atoms. The van der Waals surface area contributed by atoms with Gasteiger partial charge in [-0.25, -0.2) is 0 Å². The number of ether oxygens (including phenoxy) is 1. The van der Waals surface area contributed by atoms with Gasteiger partial charge in [-0.1, -0.05) is 22.0 Å². The number of rotatable bonds is 3. The van der Waals surface area contributed by atoms with E-state index in [1.165, 1.54) is 5.69 Å². The zero-order chi connectivity index (χ0) is 14.0. The molecular weight excluding hydrogens is 304 g/mol. The zero-order valence-corrected chi connectivity index (χ0v) is 13.5. The summed E-state index contributed by atoms with van der Waals surface area (Å²) < 4.78 is 6.74. The van der Waals surface area contributed by atoms with E-state index in [1.54, 1.807) is 7.11 Å². The van der Waals surface area contributed by atoms with E-state index in [-0.39, 0.29) is 11.6 Å². The van der Waals surface area contributed by atoms with Gasteiger partial charge in [0.2, 0.25) is 0 Å². The molecule has 106 valence electrons. The third-order valence-corrected chi connectivity index (χ3v) is 4.68. The predicted molar refractivity (Wildman–Crippen MR) is 83.6 cm³/mol. The Labute approximate surface area is 124 Å². The Morgan fingerprint density at radius 2 is 2.21 bits per heavy atom. The summed E-state index contributed by atoms with van der Waals surface area (Å²) in [5.74, 6) is 0. The highest BCUT2D eigenvalue weighted by molar-refractivity contribution is 9.10. The molecule has 3 nitrogen and oxygen atoms in total. The van der Waals surface area contributed by atoms with Crippen molar-refractivity contribution in [2.24, 2.45) is 5.73 Å². The molecule has 4 heteroatoms. The smallest absolute Gasteiger partial charge is 0.0825 e. The van der Waals surface area contributed by atoms with Crippen molar-refractivity contribution in [3.63, 3.8) is 0 Å². The zero-order valence-electron chi connectivity index (χ0n) is 11.9. The van der Waals surface area contributed by atoms with E-state index in [1.807, 2.05) is 6.92 Å². The van der Waals surface area contributed by atoms with Crippen LogP contribution in [-0.4, -0.2) is 25.8 Å². The predicted octanol–water partition coefficient (Wildman–Crippen LogP) is 3.47. The third-order valence-electron chi connectivity index (χ3n) is 3.99. The average molecular weight is 327 g/mol. The first kappa shape index (κ1) is 14.8. The van der Waals surface area contributed by atoms with Crippen LogP contribution in [0.3, 0.4) is 0 Å². The summed E-state index contributed by atoms with van der Waals surface area (Å²) in [7, 11) is 1.80. The van der Waals surface area contributed by atoms with Crippen LogP contribution in [0.2, 0.25) is 0 Å². The van der Waals surface area contributed by atoms with E-state index in [4.69, 9.17) is 10.5 Å². The number of hydrogen-bond donors (Lipinski definition) is 1. The first-order valence-corrected chi connectivity index (χ1v) is 7.59. The normalized spacial score (nSPS) is 25.4. The largest absolute Gasteiger partial charge is 0.377 e. The molecule has 0 radical (unpaired) electrons. The molecule has 0 aromatic heterocycles. The Kier molecular flexibility index (Phi) is 4.54. The van der Waals surface area contributed by atoms with Crippen LogP contribution < -0.4 is 10.6 Å². The second-order valence-electron chi connectivity index (χ2n) is 5.67. The molecule has 2 atom stereocenters. The van der Waals surface area contributed by atoms with Crippen molar-refractivity contribution in [2.75, 3.05) is 25.1 Å². The molecule has 0 bridgehead atoms. The molecule has 0 aliphatic carbocycles. The van der Waals surface area contributed by atoms with E-state index >= 15 is 0 Å². The Balaban J connectivity index is 2.20. The lowest BCUT2D eigenvalue weighted by Gasteiger charge is -2.40. The molecule has 1 saturated heterocycles. The van der Waals surface area contributed by atoms with Crippen LogP contribution in [0.25, 0.3) is 0 Å². The topological polar surface area (TPSA) is 38.5 Å². The molecule has 1 heterocycles. The Hall–Kier alpha value is -0.580. The summed E-state index contributed by atoms with van der Waals surface area (Å²) in [6.07, 6.45) is 2.29. The van der Waals surface area contributed by atoms with E-state index < -0.39 is 0 Å². The van der Waals surface area contributed by atoms with Gasteiger partial charge in [0.15, 0.2) is 0 Å². The van der Waals surface area contributed by atoms with Crippen molar-refractivity contribution in [1.29, 1.82) is 0 Å². The van der Waals surface area contributed by atoms with Crippen molar-refractivity contribution in [3.8, 4) is 0 Å². The van der Waals surface area contributed by atoms with Gasteiger partial charge in [0.25, 0.3) is 0 Å². The van der Waals surface area contributed by atoms with Gasteiger partial charge >= 0.3 is 0 Å². The number of piperidine rings is 1. The van der Waals surface area contributed by atoms with Gasteiger partial charge in [0, 0.05) is 36.4 Å². The fraction of sp³-hybridized carbons (Fsp3) is 0.600. The molecule has 0 amide bonds. The van der Waals surface area contributed by atoms with Crippen LogP contribution in [-0.2, 0) is 4.74 Å². The highest BCUT2D eigenvalue weighted by atomic mass is 79.9. The molecule has 1 fully saturated rings. The van der Waals surface area contributed by atoms with Crippen LogP contribution in [0.5, 0.6) is 0 Å². The Bertz CT molecular complexity index is 450. The summed E-state index contributed by atoms with van der Waals surface area (Å²) >= 11 is 3.62. The molecule has 2 rings (SSSR count). The van der Waals surface area contributed by atoms with Gasteiger partial charge in [-0.05, 0) is 44.4 Å². The standard InChI is InChI=1S/C15H23BrN2O/c1-11(17)13-6-5-12(9-14(13)16)18-8-4-7-15(2,10-18)19-3/h5-6,9,11H,4,7-8,10,17H2,1-3H3. The van der Waals surface area contributed by atoms with E-state index in [0.717, 1.165) is 36.0 Å². The van der Waals surface area contributed by atoms with Gasteiger partial charge in [0.05, 0.1) is 5.60 Å². The van der Waals surface area contributed by atoms with Crippen LogP contribution >= 0.6 is 15.9 Å². The molecule has 2 N–H and O–H groups in total. The molecule has 2 unspecified atom stereocenters. The van der Waals surface area contributed by atoms with Gasteiger partial charge in [-0.2, -0.15) is 0 Å². The second kappa shape index (κ2) is 5.81. The minimum absolute atomic E-state index is 0.0371. The SMILES string of the molecule is COC1(C)CCCN(c2ccc(C(C)N)c(Br)c2)C1. The lowest BCUT2D eigenvalue weighted by Crippen LogP contribution is -2.47. The number of benzene rings is 1. The van der Waals surface area contributed by atoms with Crippen molar-refractivity contribution in [1.82, 2.24) is 0 Å². The van der Waals surface area contributed by atoms with Crippen LogP contribution in [0, 0.1) is 0 Å². The van der Waals surface area contributed by atoms with E-state index in [0.29, 0.717) is 0 Å². The quantitative estimate of drug-likeness (QED) is 0.924. The highest BCUT2D eigenvalue weighted by Gasteiger charge is 2.30. The van der Waals surface area contributed by atoms with Crippen molar-refractivity contribution in [2.45, 2.75) is 38.3 Å². The monoisotopic (exact) mass is 326 g/mol. The number of methoxy groups -OCH3 is 1. The fourth-order valence-electron chi connectivity index (χ4n) is 2.67. The Morgan fingerprint density at radius 1 is 1.47 bits per heavy atom. The number of halogens is 1. The molecule has 0 saturated carbocycles. The minimum atomic E-state index is -0.0371. The van der Waals surface area contributed by atoms with E-state index in [2.05, 4.69) is 46.0 Å². The van der Waals surface area contributed by atoms with Crippen molar-refractivity contribution in [3.05, 3.63) is 28.2 Å². The third kappa shape index (κ3) is 3.30. The van der Waals surface area contributed by atoms with Gasteiger partial charge in [-0.15, -0.1) is 0 Å². The number of anilines is 1. The van der Waals surface area contributed by atoms with Crippen molar-refractivity contribution >= 4 is 21.6 Å². The fourth-order valence-corrected chi connectivity index (χ4v) is 3.40. The number of nitrogens with zero attached hydrogens (tertiary/aromatic N) is 1. The van der Waals surface area contributed by atoms with Gasteiger partial charge in [0.1, 0.15) is 0 Å². The molecular formula is C15H23BrN2O.